The van der Waals surface area contributed by atoms with Crippen LogP contribution in [0, 0.1) is 0 Å². The lowest BCUT2D eigenvalue weighted by Crippen LogP contribution is -2.48. The molecule has 0 unspecified atom stereocenters. The molecule has 1 aliphatic rings. The number of hydrogen-bond acceptors (Lipinski definition) is 4. The second-order valence-corrected chi connectivity index (χ2v) is 6.46. The molecule has 0 atom stereocenters. The van der Waals surface area contributed by atoms with E-state index in [1.54, 1.807) is 12.3 Å². The molecule has 2 aromatic heterocycles. The van der Waals surface area contributed by atoms with Gasteiger partial charge in [0.15, 0.2) is 0 Å². The molecule has 0 spiro atoms. The number of pyridine rings is 1. The van der Waals surface area contributed by atoms with Crippen LogP contribution in [0.4, 0.5) is 4.79 Å². The van der Waals surface area contributed by atoms with Crippen molar-refractivity contribution in [1.29, 1.82) is 0 Å². The average Bonchev–Trinajstić information content (AvgIpc) is 3.06. The summed E-state index contributed by atoms with van der Waals surface area (Å²) in [4.78, 5) is 27.9. The van der Waals surface area contributed by atoms with E-state index in [1.807, 2.05) is 6.07 Å². The summed E-state index contributed by atoms with van der Waals surface area (Å²) in [6, 6.07) is 3.59. The zero-order chi connectivity index (χ0) is 15.0. The highest BCUT2D eigenvalue weighted by Gasteiger charge is 2.51. The number of thiophene rings is 1. The maximum Gasteiger partial charge on any atom is 0.405 e. The largest absolute Gasteiger partial charge is 0.465 e. The molecule has 0 radical (unpaired) electrons. The number of halogens is 1. The summed E-state index contributed by atoms with van der Waals surface area (Å²) >= 11 is 7.55. The van der Waals surface area contributed by atoms with Crippen LogP contribution < -0.4 is 10.6 Å². The predicted octanol–water partition coefficient (Wildman–Crippen LogP) is 2.37. The first kappa shape index (κ1) is 14.1. The minimum Gasteiger partial charge on any atom is -0.465 e. The van der Waals surface area contributed by atoms with Crippen LogP contribution in [0.1, 0.15) is 17.7 Å². The molecule has 0 saturated heterocycles. The van der Waals surface area contributed by atoms with E-state index in [1.165, 1.54) is 11.3 Å². The summed E-state index contributed by atoms with van der Waals surface area (Å²) in [6.07, 6.45) is 1.52. The molecule has 0 aromatic carbocycles. The highest BCUT2D eigenvalue weighted by molar-refractivity contribution is 7.19. The molecule has 1 fully saturated rings. The van der Waals surface area contributed by atoms with Gasteiger partial charge in [0.2, 0.25) is 5.91 Å². The second-order valence-electron chi connectivity index (χ2n) is 4.91. The van der Waals surface area contributed by atoms with Gasteiger partial charge in [0.1, 0.15) is 5.54 Å². The SMILES string of the molecule is O=C(O)NC1(C(=O)NCc2cc3nccc(Cl)c3s2)CC1. The lowest BCUT2D eigenvalue weighted by Gasteiger charge is -2.14. The Bertz CT molecular complexity index is 727. The Labute approximate surface area is 129 Å². The molecule has 1 saturated carbocycles. The third-order valence-electron chi connectivity index (χ3n) is 3.37. The van der Waals surface area contributed by atoms with Crippen molar-refractivity contribution in [2.75, 3.05) is 0 Å². The zero-order valence-corrected chi connectivity index (χ0v) is 12.4. The van der Waals surface area contributed by atoms with Gasteiger partial charge in [0.05, 0.1) is 21.8 Å². The molecule has 0 bridgehead atoms. The number of nitrogens with zero attached hydrogens (tertiary/aromatic N) is 1. The van der Waals surface area contributed by atoms with Gasteiger partial charge in [-0.05, 0) is 25.0 Å². The summed E-state index contributed by atoms with van der Waals surface area (Å²) in [5, 5.41) is 14.4. The predicted molar refractivity (Wildman–Crippen MR) is 79.6 cm³/mol. The van der Waals surface area contributed by atoms with Crippen LogP contribution in [0.3, 0.4) is 0 Å². The van der Waals surface area contributed by atoms with Crippen LogP contribution in [-0.4, -0.2) is 27.6 Å². The third kappa shape index (κ3) is 2.79. The van der Waals surface area contributed by atoms with Crippen molar-refractivity contribution in [2.45, 2.75) is 24.9 Å². The molecule has 3 rings (SSSR count). The Morgan fingerprint density at radius 2 is 2.24 bits per heavy atom. The maximum absolute atomic E-state index is 12.0. The number of carbonyl (C=O) groups excluding carboxylic acids is 1. The first-order valence-corrected chi connectivity index (χ1v) is 7.52. The van der Waals surface area contributed by atoms with E-state index >= 15 is 0 Å². The van der Waals surface area contributed by atoms with Crippen LogP contribution in [0.25, 0.3) is 10.2 Å². The molecule has 2 aromatic rings. The first-order chi connectivity index (χ1) is 10.00. The van der Waals surface area contributed by atoms with E-state index in [-0.39, 0.29) is 5.91 Å². The van der Waals surface area contributed by atoms with E-state index in [9.17, 15) is 9.59 Å². The Morgan fingerprint density at radius 3 is 2.86 bits per heavy atom. The van der Waals surface area contributed by atoms with Crippen molar-refractivity contribution in [3.8, 4) is 0 Å². The fraction of sp³-hybridized carbons (Fsp3) is 0.308. The smallest absolute Gasteiger partial charge is 0.405 e. The topological polar surface area (TPSA) is 91.3 Å². The number of aromatic nitrogens is 1. The summed E-state index contributed by atoms with van der Waals surface area (Å²) < 4.78 is 0.883. The minimum absolute atomic E-state index is 0.290. The van der Waals surface area contributed by atoms with E-state index in [4.69, 9.17) is 16.7 Å². The highest BCUT2D eigenvalue weighted by Crippen LogP contribution is 2.36. The van der Waals surface area contributed by atoms with Crippen molar-refractivity contribution in [3.05, 3.63) is 28.2 Å². The number of rotatable bonds is 4. The van der Waals surface area contributed by atoms with Gasteiger partial charge < -0.3 is 15.7 Å². The molecule has 2 amide bonds. The lowest BCUT2D eigenvalue weighted by atomic mass is 10.2. The van der Waals surface area contributed by atoms with Crippen LogP contribution in [-0.2, 0) is 11.3 Å². The fourth-order valence-corrected chi connectivity index (χ4v) is 3.35. The van der Waals surface area contributed by atoms with Gasteiger partial charge in [-0.15, -0.1) is 11.3 Å². The number of carboxylic acid groups (broad SMARTS) is 1. The molecule has 2 heterocycles. The number of carbonyl (C=O) groups is 2. The zero-order valence-electron chi connectivity index (χ0n) is 10.9. The monoisotopic (exact) mass is 325 g/mol. The molecular formula is C13H12ClN3O3S. The van der Waals surface area contributed by atoms with Gasteiger partial charge >= 0.3 is 6.09 Å². The first-order valence-electron chi connectivity index (χ1n) is 6.32. The van der Waals surface area contributed by atoms with E-state index < -0.39 is 11.6 Å². The van der Waals surface area contributed by atoms with Crippen molar-refractivity contribution >= 4 is 45.2 Å². The number of fused-ring (bicyclic) bond motifs is 1. The Kier molecular flexibility index (Phi) is 3.46. The quantitative estimate of drug-likeness (QED) is 0.804. The van der Waals surface area contributed by atoms with E-state index in [2.05, 4.69) is 15.6 Å². The standard InChI is InChI=1S/C13H12ClN3O3S/c14-8-1-4-15-9-5-7(21-10(8)9)6-16-11(18)13(2-3-13)17-12(19)20/h1,4-5,17H,2-3,6H2,(H,16,18)(H,19,20). The number of nitrogens with one attached hydrogen (secondary N) is 2. The maximum atomic E-state index is 12.0. The summed E-state index contributed by atoms with van der Waals surface area (Å²) in [6.45, 7) is 0.333. The molecule has 110 valence electrons. The van der Waals surface area contributed by atoms with Crippen molar-refractivity contribution in [3.63, 3.8) is 0 Å². The molecule has 6 nitrogen and oxygen atoms in total. The Hall–Kier alpha value is -1.86. The second kappa shape index (κ2) is 5.16. The third-order valence-corrected chi connectivity index (χ3v) is 4.95. The van der Waals surface area contributed by atoms with Gasteiger partial charge in [0.25, 0.3) is 0 Å². The van der Waals surface area contributed by atoms with Crippen molar-refractivity contribution in [1.82, 2.24) is 15.6 Å². The van der Waals surface area contributed by atoms with Crippen LogP contribution in [0.15, 0.2) is 18.3 Å². The molecule has 8 heteroatoms. The molecule has 1 aliphatic carbocycles. The normalized spacial score (nSPS) is 15.7. The van der Waals surface area contributed by atoms with E-state index in [0.717, 1.165) is 15.1 Å². The lowest BCUT2D eigenvalue weighted by molar-refractivity contribution is -0.124. The van der Waals surface area contributed by atoms with Crippen molar-refractivity contribution in [2.24, 2.45) is 0 Å². The molecule has 3 N–H and O–H groups in total. The fourth-order valence-electron chi connectivity index (χ4n) is 2.12. The molecule has 21 heavy (non-hydrogen) atoms. The van der Waals surface area contributed by atoms with Crippen LogP contribution in [0.2, 0.25) is 5.02 Å². The Morgan fingerprint density at radius 1 is 1.48 bits per heavy atom. The molecule has 0 aliphatic heterocycles. The number of hydrogen-bond donors (Lipinski definition) is 3. The van der Waals surface area contributed by atoms with Gasteiger partial charge in [-0.3, -0.25) is 9.78 Å². The van der Waals surface area contributed by atoms with Crippen LogP contribution >= 0.6 is 22.9 Å². The van der Waals surface area contributed by atoms with Gasteiger partial charge in [0, 0.05) is 11.1 Å². The van der Waals surface area contributed by atoms with Gasteiger partial charge in [-0.2, -0.15) is 0 Å². The van der Waals surface area contributed by atoms with Crippen molar-refractivity contribution < 1.29 is 14.7 Å². The summed E-state index contributed by atoms with van der Waals surface area (Å²) in [5.41, 5.74) is -0.153. The van der Waals surface area contributed by atoms with E-state index in [0.29, 0.717) is 24.4 Å². The van der Waals surface area contributed by atoms with Gasteiger partial charge in [-0.25, -0.2) is 4.79 Å². The summed E-state index contributed by atoms with van der Waals surface area (Å²) in [7, 11) is 0. The minimum atomic E-state index is -1.18. The Balaban J connectivity index is 1.68. The summed E-state index contributed by atoms with van der Waals surface area (Å²) in [5.74, 6) is -0.290. The van der Waals surface area contributed by atoms with Gasteiger partial charge in [-0.1, -0.05) is 11.6 Å². The average molecular weight is 326 g/mol. The molecular weight excluding hydrogens is 314 g/mol. The highest BCUT2D eigenvalue weighted by atomic mass is 35.5. The van der Waals surface area contributed by atoms with Crippen LogP contribution in [0.5, 0.6) is 0 Å². The number of amides is 2.